The Morgan fingerprint density at radius 1 is 0.885 bits per heavy atom. The molecule has 0 heterocycles. The smallest absolute Gasteiger partial charge is 0.255 e. The van der Waals surface area contributed by atoms with Crippen molar-refractivity contribution in [3.05, 3.63) is 94.5 Å². The maximum atomic E-state index is 12.6. The topological polar surface area (TPSA) is 38.3 Å². The van der Waals surface area contributed by atoms with Gasteiger partial charge in [-0.1, -0.05) is 48.0 Å². The lowest BCUT2D eigenvalue weighted by molar-refractivity contribution is 0.102. The van der Waals surface area contributed by atoms with Crippen molar-refractivity contribution in [1.82, 2.24) is 0 Å². The summed E-state index contributed by atoms with van der Waals surface area (Å²) in [5, 5.41) is 3.03. The van der Waals surface area contributed by atoms with Crippen LogP contribution in [0.3, 0.4) is 0 Å². The highest BCUT2D eigenvalue weighted by molar-refractivity contribution is 6.05. The minimum Gasteiger partial charge on any atom is -0.489 e. The highest BCUT2D eigenvalue weighted by atomic mass is 16.5. The first-order valence-corrected chi connectivity index (χ1v) is 8.69. The summed E-state index contributed by atoms with van der Waals surface area (Å²) in [5.74, 6) is 0.732. The molecule has 0 aromatic heterocycles. The normalized spacial score (nSPS) is 10.4. The average Bonchev–Trinajstić information content (AvgIpc) is 2.64. The fourth-order valence-electron chi connectivity index (χ4n) is 3.00. The van der Waals surface area contributed by atoms with Gasteiger partial charge in [0.2, 0.25) is 0 Å². The summed E-state index contributed by atoms with van der Waals surface area (Å²) in [7, 11) is 0. The molecule has 0 fully saturated rings. The van der Waals surface area contributed by atoms with Crippen molar-refractivity contribution < 1.29 is 9.53 Å². The first kappa shape index (κ1) is 17.7. The van der Waals surface area contributed by atoms with Gasteiger partial charge in [0.1, 0.15) is 12.4 Å². The number of carbonyl (C=O) groups excluding carboxylic acids is 1. The molecule has 26 heavy (non-hydrogen) atoms. The van der Waals surface area contributed by atoms with Gasteiger partial charge in [0.15, 0.2) is 0 Å². The van der Waals surface area contributed by atoms with Crippen molar-refractivity contribution in [2.24, 2.45) is 0 Å². The first-order valence-electron chi connectivity index (χ1n) is 8.69. The van der Waals surface area contributed by atoms with Crippen LogP contribution in [-0.2, 0) is 6.61 Å². The van der Waals surface area contributed by atoms with Gasteiger partial charge in [0, 0.05) is 11.3 Å². The van der Waals surface area contributed by atoms with Crippen LogP contribution in [0, 0.1) is 20.8 Å². The molecule has 3 nitrogen and oxygen atoms in total. The summed E-state index contributed by atoms with van der Waals surface area (Å²) in [5.41, 5.74) is 5.88. The Labute approximate surface area is 154 Å². The van der Waals surface area contributed by atoms with Crippen LogP contribution in [0.15, 0.2) is 66.7 Å². The molecule has 1 amide bonds. The molecule has 1 N–H and O–H groups in total. The van der Waals surface area contributed by atoms with Gasteiger partial charge >= 0.3 is 0 Å². The van der Waals surface area contributed by atoms with Gasteiger partial charge in [-0.15, -0.1) is 0 Å². The molecular weight excluding hydrogens is 322 g/mol. The molecule has 0 atom stereocenters. The lowest BCUT2D eigenvalue weighted by Gasteiger charge is -2.13. The van der Waals surface area contributed by atoms with Crippen LogP contribution in [0.1, 0.15) is 32.6 Å². The molecule has 0 aliphatic carbocycles. The van der Waals surface area contributed by atoms with Crippen molar-refractivity contribution >= 4 is 11.6 Å². The van der Waals surface area contributed by atoms with Crippen molar-refractivity contribution in [2.45, 2.75) is 27.4 Å². The van der Waals surface area contributed by atoms with Gasteiger partial charge in [0.05, 0.1) is 0 Å². The number of anilines is 1. The minimum atomic E-state index is -0.101. The molecule has 0 aliphatic heterocycles. The van der Waals surface area contributed by atoms with Crippen LogP contribution in [0.2, 0.25) is 0 Å². The highest BCUT2D eigenvalue weighted by Gasteiger charge is 2.10. The van der Waals surface area contributed by atoms with Crippen molar-refractivity contribution in [3.8, 4) is 5.75 Å². The number of rotatable bonds is 5. The van der Waals surface area contributed by atoms with E-state index >= 15 is 0 Å². The molecule has 132 valence electrons. The number of benzene rings is 3. The van der Waals surface area contributed by atoms with E-state index < -0.39 is 0 Å². The largest absolute Gasteiger partial charge is 0.489 e. The number of amides is 1. The van der Waals surface area contributed by atoms with Crippen LogP contribution in [0.5, 0.6) is 5.75 Å². The fourth-order valence-corrected chi connectivity index (χ4v) is 3.00. The monoisotopic (exact) mass is 345 g/mol. The number of ether oxygens (including phenoxy) is 1. The maximum absolute atomic E-state index is 12.6. The Bertz CT molecular complexity index is 876. The molecule has 0 aliphatic rings. The SMILES string of the molecule is Cc1cc(C)c(NC(=O)c2ccc(COc3ccccc3)cc2)c(C)c1. The third-order valence-electron chi connectivity index (χ3n) is 4.28. The highest BCUT2D eigenvalue weighted by Crippen LogP contribution is 2.22. The molecule has 3 aromatic rings. The number of para-hydroxylation sites is 1. The zero-order valence-corrected chi connectivity index (χ0v) is 15.4. The first-order chi connectivity index (χ1) is 12.5. The second-order valence-electron chi connectivity index (χ2n) is 6.53. The van der Waals surface area contributed by atoms with Crippen molar-refractivity contribution in [3.63, 3.8) is 0 Å². The van der Waals surface area contributed by atoms with Crippen molar-refractivity contribution in [2.75, 3.05) is 5.32 Å². The zero-order valence-electron chi connectivity index (χ0n) is 15.4. The van der Waals surface area contributed by atoms with Gasteiger partial charge in [-0.25, -0.2) is 0 Å². The van der Waals surface area contributed by atoms with E-state index in [1.165, 1.54) is 5.56 Å². The van der Waals surface area contributed by atoms with Gasteiger partial charge in [-0.05, 0) is 61.7 Å². The van der Waals surface area contributed by atoms with Gasteiger partial charge in [-0.2, -0.15) is 0 Å². The lowest BCUT2D eigenvalue weighted by Crippen LogP contribution is -2.14. The molecule has 0 radical (unpaired) electrons. The van der Waals surface area contributed by atoms with E-state index in [2.05, 4.69) is 24.4 Å². The van der Waals surface area contributed by atoms with E-state index in [0.717, 1.165) is 28.1 Å². The molecule has 0 saturated heterocycles. The van der Waals surface area contributed by atoms with Gasteiger partial charge < -0.3 is 10.1 Å². The van der Waals surface area contributed by atoms with Crippen LogP contribution < -0.4 is 10.1 Å². The van der Waals surface area contributed by atoms with Crippen LogP contribution >= 0.6 is 0 Å². The average molecular weight is 345 g/mol. The molecular formula is C23H23NO2. The predicted octanol–water partition coefficient (Wildman–Crippen LogP) is 5.44. The van der Waals surface area contributed by atoms with E-state index in [4.69, 9.17) is 4.74 Å². The quantitative estimate of drug-likeness (QED) is 0.668. The number of carbonyl (C=O) groups is 1. The van der Waals surface area contributed by atoms with Crippen LogP contribution in [0.25, 0.3) is 0 Å². The van der Waals surface area contributed by atoms with E-state index in [0.29, 0.717) is 12.2 Å². The van der Waals surface area contributed by atoms with Crippen molar-refractivity contribution in [1.29, 1.82) is 0 Å². The van der Waals surface area contributed by atoms with Crippen LogP contribution in [-0.4, -0.2) is 5.91 Å². The number of nitrogens with one attached hydrogen (secondary N) is 1. The summed E-state index contributed by atoms with van der Waals surface area (Å²) in [6.07, 6.45) is 0. The molecule has 3 rings (SSSR count). The Morgan fingerprint density at radius 2 is 1.50 bits per heavy atom. The maximum Gasteiger partial charge on any atom is 0.255 e. The van der Waals surface area contributed by atoms with Gasteiger partial charge in [-0.3, -0.25) is 4.79 Å². The summed E-state index contributed by atoms with van der Waals surface area (Å²) < 4.78 is 5.73. The molecule has 3 aromatic carbocycles. The lowest BCUT2D eigenvalue weighted by atomic mass is 10.0. The van der Waals surface area contributed by atoms with E-state index in [1.807, 2.05) is 68.4 Å². The Hall–Kier alpha value is -3.07. The third kappa shape index (κ3) is 4.31. The van der Waals surface area contributed by atoms with E-state index in [-0.39, 0.29) is 5.91 Å². The Balaban J connectivity index is 1.66. The fraction of sp³-hybridized carbons (Fsp3) is 0.174. The summed E-state index contributed by atoms with van der Waals surface area (Å²) >= 11 is 0. The molecule has 0 spiro atoms. The second-order valence-corrected chi connectivity index (χ2v) is 6.53. The number of hydrogen-bond donors (Lipinski definition) is 1. The Kier molecular flexibility index (Phi) is 5.37. The van der Waals surface area contributed by atoms with Crippen LogP contribution in [0.4, 0.5) is 5.69 Å². The number of aryl methyl sites for hydroxylation is 3. The predicted molar refractivity (Wildman–Crippen MR) is 106 cm³/mol. The standard InChI is InChI=1S/C23H23NO2/c1-16-13-17(2)22(18(3)14-16)24-23(25)20-11-9-19(10-12-20)15-26-21-7-5-4-6-8-21/h4-14H,15H2,1-3H3,(H,24,25). The Morgan fingerprint density at radius 3 is 2.12 bits per heavy atom. The van der Waals surface area contributed by atoms with E-state index in [9.17, 15) is 4.79 Å². The molecule has 0 bridgehead atoms. The van der Waals surface area contributed by atoms with Gasteiger partial charge in [0.25, 0.3) is 5.91 Å². The molecule has 3 heteroatoms. The molecule has 0 saturated carbocycles. The third-order valence-corrected chi connectivity index (χ3v) is 4.28. The van der Waals surface area contributed by atoms with E-state index in [1.54, 1.807) is 0 Å². The minimum absolute atomic E-state index is 0.101. The molecule has 0 unspecified atom stereocenters. The zero-order chi connectivity index (χ0) is 18.5. The summed E-state index contributed by atoms with van der Waals surface area (Å²) in [4.78, 5) is 12.6. The second kappa shape index (κ2) is 7.87. The summed E-state index contributed by atoms with van der Waals surface area (Å²) in [6, 6.07) is 21.4. The summed E-state index contributed by atoms with van der Waals surface area (Å²) in [6.45, 7) is 6.56. The number of hydrogen-bond acceptors (Lipinski definition) is 2.